The molecule has 2 rings (SSSR count). The number of carbonyl (C=O) groups is 4. The lowest BCUT2D eigenvalue weighted by atomic mass is 9.79. The van der Waals surface area contributed by atoms with Crippen molar-refractivity contribution >= 4 is 23.9 Å². The minimum Gasteiger partial charge on any atom is -0.442 e. The molecule has 1 fully saturated rings. The highest BCUT2D eigenvalue weighted by Gasteiger charge is 2.41. The molecule has 1 saturated heterocycles. The number of rotatable bonds is 3. The highest BCUT2D eigenvalue weighted by molar-refractivity contribution is 6.01. The first-order valence-electron chi connectivity index (χ1n) is 7.99. The Hall–Kier alpha value is -2.38. The molecular weight excluding hydrogens is 316 g/mol. The second-order valence-corrected chi connectivity index (χ2v) is 6.22. The molecule has 132 valence electrons. The Bertz CT molecular complexity index is 557. The lowest BCUT2D eigenvalue weighted by Crippen LogP contribution is -2.40. The Morgan fingerprint density at radius 1 is 1.25 bits per heavy atom. The van der Waals surface area contributed by atoms with Crippen molar-refractivity contribution in [3.63, 3.8) is 0 Å². The van der Waals surface area contributed by atoms with E-state index in [0.29, 0.717) is 30.7 Å². The van der Waals surface area contributed by atoms with Gasteiger partial charge in [0.05, 0.1) is 5.41 Å². The van der Waals surface area contributed by atoms with Crippen molar-refractivity contribution in [2.45, 2.75) is 51.6 Å². The molecule has 2 aliphatic rings. The van der Waals surface area contributed by atoms with Crippen molar-refractivity contribution in [1.29, 1.82) is 0 Å². The van der Waals surface area contributed by atoms with Gasteiger partial charge in [0.25, 0.3) is 11.8 Å². The third-order valence-corrected chi connectivity index (χ3v) is 4.33. The predicted octanol–water partition coefficient (Wildman–Crippen LogP) is 1.45. The first-order chi connectivity index (χ1) is 11.4. The van der Waals surface area contributed by atoms with Crippen LogP contribution in [0, 0.1) is 5.41 Å². The summed E-state index contributed by atoms with van der Waals surface area (Å²) >= 11 is 0. The summed E-state index contributed by atoms with van der Waals surface area (Å²) in [5.41, 5.74) is -0.863. The van der Waals surface area contributed by atoms with Crippen LogP contribution in [0.25, 0.3) is 0 Å². The van der Waals surface area contributed by atoms with Crippen LogP contribution >= 0.6 is 0 Å². The fourth-order valence-electron chi connectivity index (χ4n) is 2.68. The molecule has 0 unspecified atom stereocenters. The summed E-state index contributed by atoms with van der Waals surface area (Å²) in [5.74, 6) is -1.60. The number of hydrogen-bond donors (Lipinski definition) is 1. The molecule has 1 aliphatic heterocycles. The van der Waals surface area contributed by atoms with E-state index in [1.54, 1.807) is 13.0 Å². The number of hydroxylamine groups is 2. The molecule has 8 nitrogen and oxygen atoms in total. The van der Waals surface area contributed by atoms with E-state index >= 15 is 0 Å². The zero-order valence-corrected chi connectivity index (χ0v) is 13.9. The van der Waals surface area contributed by atoms with Gasteiger partial charge in [0.1, 0.15) is 6.10 Å². The summed E-state index contributed by atoms with van der Waals surface area (Å²) in [4.78, 5) is 52.1. The van der Waals surface area contributed by atoms with Gasteiger partial charge >= 0.3 is 12.1 Å². The zero-order chi connectivity index (χ0) is 17.7. The SMILES string of the molecule is CNC(=O)O[C@H]1/C=C/CC[C@@](C)(C(=O)ON2C(=O)CCC2=O)CC1. The maximum absolute atomic E-state index is 12.5. The summed E-state index contributed by atoms with van der Waals surface area (Å²) in [7, 11) is 1.47. The number of amides is 3. The Morgan fingerprint density at radius 3 is 2.54 bits per heavy atom. The van der Waals surface area contributed by atoms with Crippen LogP contribution in [0.4, 0.5) is 4.79 Å². The molecule has 2 atom stereocenters. The van der Waals surface area contributed by atoms with Gasteiger partial charge in [-0.2, -0.15) is 0 Å². The Morgan fingerprint density at radius 2 is 1.92 bits per heavy atom. The third kappa shape index (κ3) is 4.12. The molecule has 0 saturated carbocycles. The van der Waals surface area contributed by atoms with Crippen LogP contribution in [0.1, 0.15) is 45.4 Å². The molecule has 1 heterocycles. The Labute approximate surface area is 140 Å². The molecule has 0 radical (unpaired) electrons. The normalized spacial score (nSPS) is 28.8. The number of alkyl carbamates (subject to hydrolysis) is 1. The summed E-state index contributed by atoms with van der Waals surface area (Å²) in [5, 5.41) is 2.95. The summed E-state index contributed by atoms with van der Waals surface area (Å²) < 4.78 is 5.21. The second kappa shape index (κ2) is 7.46. The van der Waals surface area contributed by atoms with Gasteiger partial charge in [-0.05, 0) is 38.7 Å². The monoisotopic (exact) mass is 338 g/mol. The number of allylic oxidation sites excluding steroid dienone is 1. The van der Waals surface area contributed by atoms with Crippen LogP contribution in [0.2, 0.25) is 0 Å². The van der Waals surface area contributed by atoms with E-state index in [9.17, 15) is 19.2 Å². The fourth-order valence-corrected chi connectivity index (χ4v) is 2.68. The van der Waals surface area contributed by atoms with E-state index < -0.39 is 35.4 Å². The number of nitrogens with one attached hydrogen (secondary N) is 1. The Balaban J connectivity index is 2.01. The first kappa shape index (κ1) is 18.0. The van der Waals surface area contributed by atoms with Crippen LogP contribution in [-0.4, -0.2) is 42.1 Å². The summed E-state index contributed by atoms with van der Waals surface area (Å²) in [6.45, 7) is 1.73. The van der Waals surface area contributed by atoms with E-state index in [4.69, 9.17) is 9.57 Å². The number of carbonyl (C=O) groups excluding carboxylic acids is 4. The Kier molecular flexibility index (Phi) is 5.58. The fraction of sp³-hybridized carbons (Fsp3) is 0.625. The average Bonchev–Trinajstić information content (AvgIpc) is 2.86. The number of imide groups is 1. The van der Waals surface area contributed by atoms with Gasteiger partial charge < -0.3 is 14.9 Å². The second-order valence-electron chi connectivity index (χ2n) is 6.22. The largest absolute Gasteiger partial charge is 0.442 e. The standard InChI is InChI=1S/C16H22N2O6/c1-16(14(21)24-18-12(19)6-7-13(18)20)9-4-3-5-11(8-10-16)23-15(22)17-2/h3,5,11H,4,6-10H2,1-2H3,(H,17,22)/b5-3+/t11-,16+/m0/s1. The molecule has 0 aromatic rings. The van der Waals surface area contributed by atoms with Crippen molar-refractivity contribution in [2.24, 2.45) is 5.41 Å². The van der Waals surface area contributed by atoms with Gasteiger partial charge in [-0.1, -0.05) is 6.08 Å². The maximum Gasteiger partial charge on any atom is 0.407 e. The number of ether oxygens (including phenoxy) is 1. The molecule has 0 bridgehead atoms. The minimum atomic E-state index is -0.863. The van der Waals surface area contributed by atoms with E-state index in [0.717, 1.165) is 0 Å². The van der Waals surface area contributed by atoms with Crippen molar-refractivity contribution in [3.8, 4) is 0 Å². The molecule has 8 heteroatoms. The quantitative estimate of drug-likeness (QED) is 0.617. The molecule has 1 N–H and O–H groups in total. The van der Waals surface area contributed by atoms with Crippen molar-refractivity contribution in [3.05, 3.63) is 12.2 Å². The topological polar surface area (TPSA) is 102 Å². The molecule has 24 heavy (non-hydrogen) atoms. The average molecular weight is 338 g/mol. The highest BCUT2D eigenvalue weighted by atomic mass is 16.7. The minimum absolute atomic E-state index is 0.0631. The van der Waals surface area contributed by atoms with Gasteiger partial charge in [0, 0.05) is 19.9 Å². The third-order valence-electron chi connectivity index (χ3n) is 4.33. The van der Waals surface area contributed by atoms with Crippen molar-refractivity contribution in [1.82, 2.24) is 10.4 Å². The van der Waals surface area contributed by atoms with Crippen molar-refractivity contribution < 1.29 is 28.8 Å². The maximum atomic E-state index is 12.5. The molecule has 0 spiro atoms. The number of hydrogen-bond acceptors (Lipinski definition) is 6. The van der Waals surface area contributed by atoms with Gasteiger partial charge in [-0.25, -0.2) is 9.59 Å². The lowest BCUT2D eigenvalue weighted by Gasteiger charge is -2.30. The van der Waals surface area contributed by atoms with Crippen molar-refractivity contribution in [2.75, 3.05) is 7.05 Å². The van der Waals surface area contributed by atoms with Crippen LogP contribution in [0.3, 0.4) is 0 Å². The van der Waals surface area contributed by atoms with Crippen LogP contribution in [0.15, 0.2) is 12.2 Å². The van der Waals surface area contributed by atoms with E-state index in [-0.39, 0.29) is 12.8 Å². The lowest BCUT2D eigenvalue weighted by molar-refractivity contribution is -0.205. The van der Waals surface area contributed by atoms with Gasteiger partial charge in [0.2, 0.25) is 0 Å². The van der Waals surface area contributed by atoms with E-state index in [2.05, 4.69) is 5.32 Å². The van der Waals surface area contributed by atoms with Crippen LogP contribution < -0.4 is 5.32 Å². The molecule has 1 aliphatic carbocycles. The predicted molar refractivity (Wildman–Crippen MR) is 82.2 cm³/mol. The van der Waals surface area contributed by atoms with E-state index in [1.807, 2.05) is 6.08 Å². The molecule has 0 aromatic carbocycles. The zero-order valence-electron chi connectivity index (χ0n) is 13.9. The van der Waals surface area contributed by atoms with E-state index in [1.165, 1.54) is 7.05 Å². The highest BCUT2D eigenvalue weighted by Crippen LogP contribution is 2.34. The summed E-state index contributed by atoms with van der Waals surface area (Å²) in [6, 6.07) is 0. The summed E-state index contributed by atoms with van der Waals surface area (Å²) in [6.07, 6.45) is 4.77. The van der Waals surface area contributed by atoms with Gasteiger partial charge in [0.15, 0.2) is 0 Å². The van der Waals surface area contributed by atoms with Gasteiger partial charge in [-0.3, -0.25) is 9.59 Å². The molecule has 3 amide bonds. The van der Waals surface area contributed by atoms with Gasteiger partial charge in [-0.15, -0.1) is 5.06 Å². The first-order valence-corrected chi connectivity index (χ1v) is 7.99. The van der Waals surface area contributed by atoms with Crippen LogP contribution in [0.5, 0.6) is 0 Å². The molecule has 0 aromatic heterocycles. The smallest absolute Gasteiger partial charge is 0.407 e. The number of nitrogens with zero attached hydrogens (tertiary/aromatic N) is 1. The van der Waals surface area contributed by atoms with Crippen LogP contribution in [-0.2, 0) is 24.0 Å². The molecular formula is C16H22N2O6.